The highest BCUT2D eigenvalue weighted by Crippen LogP contribution is 2.18. The molecule has 2 N–H and O–H groups in total. The molecule has 1 heterocycles. The van der Waals surface area contributed by atoms with Crippen molar-refractivity contribution in [2.45, 2.75) is 19.8 Å². The van der Waals surface area contributed by atoms with Gasteiger partial charge in [-0.05, 0) is 56.5 Å². The number of piperidine rings is 1. The van der Waals surface area contributed by atoms with Crippen molar-refractivity contribution in [1.82, 2.24) is 5.32 Å². The van der Waals surface area contributed by atoms with E-state index in [1.165, 1.54) is 18.9 Å². The Labute approximate surface area is 96.2 Å². The fourth-order valence-electron chi connectivity index (χ4n) is 2.12. The molecule has 88 valence electrons. The van der Waals surface area contributed by atoms with Gasteiger partial charge in [0.25, 0.3) is 0 Å². The SMILES string of the molecule is Cc1ccc(F)cc1NCC1CCNCC1. The van der Waals surface area contributed by atoms with E-state index in [-0.39, 0.29) is 5.82 Å². The van der Waals surface area contributed by atoms with Crippen LogP contribution in [-0.2, 0) is 0 Å². The molecule has 0 atom stereocenters. The van der Waals surface area contributed by atoms with Gasteiger partial charge in [-0.3, -0.25) is 0 Å². The van der Waals surface area contributed by atoms with Crippen LogP contribution in [-0.4, -0.2) is 19.6 Å². The maximum atomic E-state index is 13.1. The summed E-state index contributed by atoms with van der Waals surface area (Å²) in [5, 5.41) is 6.70. The van der Waals surface area contributed by atoms with Crippen LogP contribution in [0.5, 0.6) is 0 Å². The first-order valence-corrected chi connectivity index (χ1v) is 5.96. The molecule has 1 aromatic rings. The van der Waals surface area contributed by atoms with Gasteiger partial charge in [-0.2, -0.15) is 0 Å². The van der Waals surface area contributed by atoms with Crippen LogP contribution in [0.3, 0.4) is 0 Å². The molecule has 1 aliphatic rings. The fourth-order valence-corrected chi connectivity index (χ4v) is 2.12. The zero-order chi connectivity index (χ0) is 11.4. The highest BCUT2D eigenvalue weighted by Gasteiger charge is 2.12. The molecule has 2 rings (SSSR count). The number of anilines is 1. The lowest BCUT2D eigenvalue weighted by atomic mass is 9.98. The third kappa shape index (κ3) is 2.95. The Morgan fingerprint density at radius 3 is 2.88 bits per heavy atom. The summed E-state index contributed by atoms with van der Waals surface area (Å²) in [7, 11) is 0. The fraction of sp³-hybridized carbons (Fsp3) is 0.538. The number of aryl methyl sites for hydroxylation is 1. The Hall–Kier alpha value is -1.09. The molecular weight excluding hydrogens is 203 g/mol. The van der Waals surface area contributed by atoms with E-state index in [4.69, 9.17) is 0 Å². The Balaban J connectivity index is 1.90. The van der Waals surface area contributed by atoms with E-state index in [0.717, 1.165) is 30.9 Å². The maximum absolute atomic E-state index is 13.1. The summed E-state index contributed by atoms with van der Waals surface area (Å²) < 4.78 is 13.1. The highest BCUT2D eigenvalue weighted by atomic mass is 19.1. The number of halogens is 1. The first-order chi connectivity index (χ1) is 7.75. The molecule has 0 saturated carbocycles. The second-order valence-corrected chi connectivity index (χ2v) is 4.53. The Bertz CT molecular complexity index is 346. The first kappa shape index (κ1) is 11.4. The standard InChI is InChI=1S/C13H19FN2/c1-10-2-3-12(14)8-13(10)16-9-11-4-6-15-7-5-11/h2-3,8,11,15-16H,4-7,9H2,1H3. The molecule has 2 nitrogen and oxygen atoms in total. The van der Waals surface area contributed by atoms with Crippen molar-refractivity contribution >= 4 is 5.69 Å². The summed E-state index contributed by atoms with van der Waals surface area (Å²) >= 11 is 0. The molecule has 3 heteroatoms. The van der Waals surface area contributed by atoms with Gasteiger partial charge in [0.2, 0.25) is 0 Å². The van der Waals surface area contributed by atoms with Crippen LogP contribution in [0.25, 0.3) is 0 Å². The summed E-state index contributed by atoms with van der Waals surface area (Å²) in [6.45, 7) is 5.17. The van der Waals surface area contributed by atoms with E-state index < -0.39 is 0 Å². The minimum atomic E-state index is -0.168. The van der Waals surface area contributed by atoms with Crippen molar-refractivity contribution < 1.29 is 4.39 Å². The van der Waals surface area contributed by atoms with E-state index in [1.807, 2.05) is 13.0 Å². The number of rotatable bonds is 3. The number of benzene rings is 1. The van der Waals surface area contributed by atoms with Gasteiger partial charge in [0, 0.05) is 12.2 Å². The Morgan fingerprint density at radius 1 is 1.38 bits per heavy atom. The quantitative estimate of drug-likeness (QED) is 0.821. The monoisotopic (exact) mass is 222 g/mol. The van der Waals surface area contributed by atoms with Crippen molar-refractivity contribution in [2.24, 2.45) is 5.92 Å². The zero-order valence-electron chi connectivity index (χ0n) is 9.72. The molecule has 0 aliphatic carbocycles. The normalized spacial score (nSPS) is 17.4. The Kier molecular flexibility index (Phi) is 3.78. The molecular formula is C13H19FN2. The number of nitrogens with one attached hydrogen (secondary N) is 2. The van der Waals surface area contributed by atoms with Crippen molar-refractivity contribution in [3.63, 3.8) is 0 Å². The van der Waals surface area contributed by atoms with Crippen molar-refractivity contribution in [2.75, 3.05) is 25.0 Å². The molecule has 1 saturated heterocycles. The van der Waals surface area contributed by atoms with Crippen LogP contribution in [0.4, 0.5) is 10.1 Å². The van der Waals surface area contributed by atoms with Gasteiger partial charge in [0.05, 0.1) is 0 Å². The smallest absolute Gasteiger partial charge is 0.125 e. The predicted octanol–water partition coefficient (Wildman–Crippen LogP) is 2.55. The van der Waals surface area contributed by atoms with Crippen LogP contribution in [0.15, 0.2) is 18.2 Å². The molecule has 1 aromatic carbocycles. The lowest BCUT2D eigenvalue weighted by Crippen LogP contribution is -2.31. The average Bonchev–Trinajstić information content (AvgIpc) is 2.32. The second kappa shape index (κ2) is 5.30. The predicted molar refractivity (Wildman–Crippen MR) is 65.2 cm³/mol. The highest BCUT2D eigenvalue weighted by molar-refractivity contribution is 5.50. The van der Waals surface area contributed by atoms with Crippen molar-refractivity contribution in [3.05, 3.63) is 29.6 Å². The lowest BCUT2D eigenvalue weighted by molar-refractivity contribution is 0.390. The average molecular weight is 222 g/mol. The van der Waals surface area contributed by atoms with E-state index in [2.05, 4.69) is 10.6 Å². The van der Waals surface area contributed by atoms with E-state index in [0.29, 0.717) is 5.92 Å². The lowest BCUT2D eigenvalue weighted by Gasteiger charge is -2.23. The molecule has 0 radical (unpaired) electrons. The molecule has 1 fully saturated rings. The molecule has 0 spiro atoms. The molecule has 16 heavy (non-hydrogen) atoms. The van der Waals surface area contributed by atoms with Crippen LogP contribution in [0, 0.1) is 18.7 Å². The number of hydrogen-bond acceptors (Lipinski definition) is 2. The van der Waals surface area contributed by atoms with E-state index >= 15 is 0 Å². The second-order valence-electron chi connectivity index (χ2n) is 4.53. The molecule has 0 aromatic heterocycles. The Morgan fingerprint density at radius 2 is 2.12 bits per heavy atom. The van der Waals surface area contributed by atoms with Crippen molar-refractivity contribution in [3.8, 4) is 0 Å². The van der Waals surface area contributed by atoms with Crippen LogP contribution in [0.2, 0.25) is 0 Å². The van der Waals surface area contributed by atoms with E-state index in [1.54, 1.807) is 6.07 Å². The van der Waals surface area contributed by atoms with Gasteiger partial charge in [-0.25, -0.2) is 4.39 Å². The largest absolute Gasteiger partial charge is 0.384 e. The maximum Gasteiger partial charge on any atom is 0.125 e. The number of hydrogen-bond donors (Lipinski definition) is 2. The van der Waals surface area contributed by atoms with Crippen molar-refractivity contribution in [1.29, 1.82) is 0 Å². The van der Waals surface area contributed by atoms with Gasteiger partial charge in [-0.15, -0.1) is 0 Å². The van der Waals surface area contributed by atoms with Gasteiger partial charge in [0.15, 0.2) is 0 Å². The summed E-state index contributed by atoms with van der Waals surface area (Å²) in [6.07, 6.45) is 2.42. The van der Waals surface area contributed by atoms with Gasteiger partial charge < -0.3 is 10.6 Å². The first-order valence-electron chi connectivity index (χ1n) is 5.96. The van der Waals surface area contributed by atoms with Gasteiger partial charge >= 0.3 is 0 Å². The minimum Gasteiger partial charge on any atom is -0.384 e. The summed E-state index contributed by atoms with van der Waals surface area (Å²) in [6, 6.07) is 4.90. The molecule has 1 aliphatic heterocycles. The third-order valence-electron chi connectivity index (χ3n) is 3.24. The van der Waals surface area contributed by atoms with Gasteiger partial charge in [0.1, 0.15) is 5.82 Å². The molecule has 0 unspecified atom stereocenters. The summed E-state index contributed by atoms with van der Waals surface area (Å²) in [5.41, 5.74) is 2.04. The minimum absolute atomic E-state index is 0.168. The summed E-state index contributed by atoms with van der Waals surface area (Å²) in [5.74, 6) is 0.544. The van der Waals surface area contributed by atoms with Crippen LogP contribution < -0.4 is 10.6 Å². The molecule has 0 bridgehead atoms. The topological polar surface area (TPSA) is 24.1 Å². The van der Waals surface area contributed by atoms with Crippen LogP contribution >= 0.6 is 0 Å². The summed E-state index contributed by atoms with van der Waals surface area (Å²) in [4.78, 5) is 0. The third-order valence-corrected chi connectivity index (χ3v) is 3.24. The zero-order valence-corrected chi connectivity index (χ0v) is 9.72. The van der Waals surface area contributed by atoms with E-state index in [9.17, 15) is 4.39 Å². The molecule has 0 amide bonds. The van der Waals surface area contributed by atoms with Gasteiger partial charge in [-0.1, -0.05) is 6.07 Å². The van der Waals surface area contributed by atoms with Crippen LogP contribution in [0.1, 0.15) is 18.4 Å².